The van der Waals surface area contributed by atoms with Crippen LogP contribution in [0.5, 0.6) is 5.75 Å². The van der Waals surface area contributed by atoms with E-state index in [2.05, 4.69) is 15.7 Å². The number of benzene rings is 2. The Labute approximate surface area is 189 Å². The fourth-order valence-corrected chi connectivity index (χ4v) is 4.33. The number of hydrogen-bond donors (Lipinski definition) is 3. The number of hydrazine groups is 1. The molecule has 0 spiro atoms. The largest absolute Gasteiger partial charge is 0.494 e. The van der Waals surface area contributed by atoms with E-state index in [1.165, 1.54) is 25.3 Å². The third-order valence-corrected chi connectivity index (χ3v) is 5.80. The number of para-hydroxylation sites is 1. The summed E-state index contributed by atoms with van der Waals surface area (Å²) in [6.45, 7) is 0. The predicted molar refractivity (Wildman–Crippen MR) is 111 cm³/mol. The maximum atomic E-state index is 14.0. The molecular formula is C22H17F3N4O5. The molecule has 3 unspecified atom stereocenters. The Bertz CT molecular complexity index is 1320. The van der Waals surface area contributed by atoms with Crippen LogP contribution in [0, 0.1) is 0 Å². The first-order chi connectivity index (χ1) is 16.2. The third kappa shape index (κ3) is 3.34. The molecule has 3 heterocycles. The Morgan fingerprint density at radius 1 is 1.18 bits per heavy atom. The molecule has 0 bridgehead atoms. The Balaban J connectivity index is 1.65. The number of hydrogen-bond acceptors (Lipinski definition) is 7. The minimum Gasteiger partial charge on any atom is -0.494 e. The number of carbonyl (C=O) groups is 2. The van der Waals surface area contributed by atoms with Crippen molar-refractivity contribution in [2.24, 2.45) is 0 Å². The SMILES string of the molecule is COc1cccc2oc(C3=C(C(=O)O)NC4C(c5ccccc5)C(C(F)(F)F)NN4C3=O)nc12. The van der Waals surface area contributed by atoms with Crippen molar-refractivity contribution in [1.82, 2.24) is 20.7 Å². The minimum atomic E-state index is -4.73. The van der Waals surface area contributed by atoms with Gasteiger partial charge in [-0.1, -0.05) is 36.4 Å². The lowest BCUT2D eigenvalue weighted by Gasteiger charge is -2.33. The van der Waals surface area contributed by atoms with Gasteiger partial charge in [-0.25, -0.2) is 20.2 Å². The van der Waals surface area contributed by atoms with E-state index >= 15 is 0 Å². The minimum absolute atomic E-state index is 0.214. The predicted octanol–water partition coefficient (Wildman–Crippen LogP) is 2.62. The molecule has 9 nitrogen and oxygen atoms in total. The molecule has 3 N–H and O–H groups in total. The number of alkyl halides is 3. The molecule has 0 saturated carbocycles. The maximum Gasteiger partial charge on any atom is 0.406 e. The first-order valence-corrected chi connectivity index (χ1v) is 10.1. The molecule has 2 aliphatic heterocycles. The summed E-state index contributed by atoms with van der Waals surface area (Å²) in [4.78, 5) is 29.7. The number of methoxy groups -OCH3 is 1. The molecule has 0 aliphatic carbocycles. The first-order valence-electron chi connectivity index (χ1n) is 10.1. The molecular weight excluding hydrogens is 457 g/mol. The van der Waals surface area contributed by atoms with E-state index in [0.717, 1.165) is 5.01 Å². The number of nitrogens with one attached hydrogen (secondary N) is 2. The molecule has 5 rings (SSSR count). The highest BCUT2D eigenvalue weighted by Crippen LogP contribution is 2.43. The third-order valence-electron chi connectivity index (χ3n) is 5.80. The topological polar surface area (TPSA) is 117 Å². The highest BCUT2D eigenvalue weighted by Gasteiger charge is 2.58. The highest BCUT2D eigenvalue weighted by atomic mass is 19.4. The van der Waals surface area contributed by atoms with Crippen LogP contribution in [-0.2, 0) is 9.59 Å². The van der Waals surface area contributed by atoms with Gasteiger partial charge in [0.25, 0.3) is 5.91 Å². The van der Waals surface area contributed by atoms with Crippen LogP contribution in [0.15, 0.2) is 58.6 Å². The maximum absolute atomic E-state index is 14.0. The number of rotatable bonds is 4. The van der Waals surface area contributed by atoms with E-state index in [4.69, 9.17) is 9.15 Å². The van der Waals surface area contributed by atoms with Gasteiger partial charge in [0, 0.05) is 0 Å². The summed E-state index contributed by atoms with van der Waals surface area (Å²) in [5.74, 6) is -3.91. The van der Waals surface area contributed by atoms with Gasteiger partial charge in [0.1, 0.15) is 29.2 Å². The lowest BCUT2D eigenvalue weighted by Crippen LogP contribution is -2.55. The lowest BCUT2D eigenvalue weighted by molar-refractivity contribution is -0.161. The second-order valence-corrected chi connectivity index (χ2v) is 7.73. The molecule has 1 aromatic heterocycles. The fraction of sp³-hybridized carbons (Fsp3) is 0.227. The van der Waals surface area contributed by atoms with E-state index in [9.17, 15) is 27.9 Å². The number of oxazole rings is 1. The normalized spacial score (nSPS) is 22.6. The van der Waals surface area contributed by atoms with Gasteiger partial charge < -0.3 is 19.6 Å². The molecule has 3 atom stereocenters. The molecule has 1 saturated heterocycles. The zero-order chi connectivity index (χ0) is 24.2. The quantitative estimate of drug-likeness (QED) is 0.529. The average Bonchev–Trinajstić information content (AvgIpc) is 3.41. The fourth-order valence-electron chi connectivity index (χ4n) is 4.33. The summed E-state index contributed by atoms with van der Waals surface area (Å²) < 4.78 is 52.7. The van der Waals surface area contributed by atoms with Crippen molar-refractivity contribution in [2.75, 3.05) is 7.11 Å². The van der Waals surface area contributed by atoms with Gasteiger partial charge >= 0.3 is 12.1 Å². The van der Waals surface area contributed by atoms with Gasteiger partial charge in [0.2, 0.25) is 5.89 Å². The van der Waals surface area contributed by atoms with Crippen LogP contribution in [0.4, 0.5) is 13.2 Å². The van der Waals surface area contributed by atoms with Crippen molar-refractivity contribution >= 4 is 28.5 Å². The molecule has 1 fully saturated rings. The van der Waals surface area contributed by atoms with Gasteiger partial charge in [0.05, 0.1) is 13.0 Å². The van der Waals surface area contributed by atoms with Crippen LogP contribution in [0.2, 0.25) is 0 Å². The molecule has 2 aromatic carbocycles. The summed E-state index contributed by atoms with van der Waals surface area (Å²) in [7, 11) is 1.40. The lowest BCUT2D eigenvalue weighted by atomic mass is 9.89. The van der Waals surface area contributed by atoms with E-state index in [1.54, 1.807) is 30.3 Å². The number of carboxylic acids is 1. The Morgan fingerprint density at radius 3 is 2.56 bits per heavy atom. The van der Waals surface area contributed by atoms with Gasteiger partial charge in [0.15, 0.2) is 11.1 Å². The van der Waals surface area contributed by atoms with Gasteiger partial charge in [-0.15, -0.1) is 0 Å². The molecule has 2 aliphatic rings. The second-order valence-electron chi connectivity index (χ2n) is 7.73. The Hall–Kier alpha value is -4.06. The molecule has 176 valence electrons. The first kappa shape index (κ1) is 21.8. The summed E-state index contributed by atoms with van der Waals surface area (Å²) in [6, 6.07) is 10.4. The van der Waals surface area contributed by atoms with Crippen molar-refractivity contribution in [3.8, 4) is 5.75 Å². The number of ether oxygens (including phenoxy) is 1. The van der Waals surface area contributed by atoms with Gasteiger partial charge in [-0.3, -0.25) is 4.79 Å². The van der Waals surface area contributed by atoms with E-state index in [1.807, 2.05) is 0 Å². The Kier molecular flexibility index (Phi) is 4.97. The Morgan fingerprint density at radius 2 is 1.91 bits per heavy atom. The van der Waals surface area contributed by atoms with Gasteiger partial charge in [-0.2, -0.15) is 13.2 Å². The zero-order valence-corrected chi connectivity index (χ0v) is 17.5. The smallest absolute Gasteiger partial charge is 0.406 e. The molecule has 12 heteroatoms. The van der Waals surface area contributed by atoms with Crippen LogP contribution in [0.3, 0.4) is 0 Å². The summed E-state index contributed by atoms with van der Waals surface area (Å²) in [5, 5.41) is 13.2. The van der Waals surface area contributed by atoms with Crippen molar-refractivity contribution in [2.45, 2.75) is 24.3 Å². The number of amides is 1. The number of carbonyl (C=O) groups excluding carboxylic acids is 1. The van der Waals surface area contributed by atoms with E-state index in [-0.39, 0.29) is 22.6 Å². The monoisotopic (exact) mass is 474 g/mol. The van der Waals surface area contributed by atoms with Crippen LogP contribution in [-0.4, -0.2) is 52.5 Å². The molecule has 0 radical (unpaired) electrons. The van der Waals surface area contributed by atoms with Crippen LogP contribution < -0.4 is 15.5 Å². The van der Waals surface area contributed by atoms with E-state index < -0.39 is 47.4 Å². The number of aromatic nitrogens is 1. The van der Waals surface area contributed by atoms with Gasteiger partial charge in [-0.05, 0) is 17.7 Å². The molecule has 1 amide bonds. The average molecular weight is 474 g/mol. The molecule has 3 aromatic rings. The number of carboxylic acid groups (broad SMARTS) is 1. The van der Waals surface area contributed by atoms with E-state index in [0.29, 0.717) is 5.75 Å². The van der Waals surface area contributed by atoms with Crippen molar-refractivity contribution in [3.05, 3.63) is 65.7 Å². The van der Waals surface area contributed by atoms with Crippen LogP contribution in [0.25, 0.3) is 16.7 Å². The number of halogens is 3. The summed E-state index contributed by atoms with van der Waals surface area (Å²) >= 11 is 0. The van der Waals surface area contributed by atoms with Crippen molar-refractivity contribution in [1.29, 1.82) is 0 Å². The van der Waals surface area contributed by atoms with Crippen molar-refractivity contribution in [3.63, 3.8) is 0 Å². The highest BCUT2D eigenvalue weighted by molar-refractivity contribution is 6.24. The summed E-state index contributed by atoms with van der Waals surface area (Å²) in [5.41, 5.74) is 1.83. The zero-order valence-electron chi connectivity index (χ0n) is 17.5. The van der Waals surface area contributed by atoms with Crippen LogP contribution in [0.1, 0.15) is 17.4 Å². The number of nitrogens with zero attached hydrogens (tertiary/aromatic N) is 2. The van der Waals surface area contributed by atoms with Crippen LogP contribution >= 0.6 is 0 Å². The van der Waals surface area contributed by atoms with Crippen molar-refractivity contribution < 1.29 is 37.0 Å². The summed E-state index contributed by atoms with van der Waals surface area (Å²) in [6.07, 6.45) is -6.05. The standard InChI is InChI=1S/C22H17F3N4O5/c1-33-11-8-5-9-12-15(11)27-19(34-12)14-16(21(31)32)26-18-13(10-6-3-2-4-7-10)17(22(23,24)25)28-29(18)20(14)30/h2-9,13,17-18,26,28H,1H3,(H,31,32). The number of fused-ring (bicyclic) bond motifs is 2. The second kappa shape index (κ2) is 7.76. The number of aliphatic carboxylic acids is 1. The molecule has 34 heavy (non-hydrogen) atoms.